The minimum absolute atomic E-state index is 0. The maximum Gasteiger partial charge on any atom is 1.00 e. The summed E-state index contributed by atoms with van der Waals surface area (Å²) in [5.41, 5.74) is -1.02. The molecule has 0 spiro atoms. The van der Waals surface area contributed by atoms with Crippen LogP contribution in [0.15, 0.2) is 0 Å². The van der Waals surface area contributed by atoms with Crippen molar-refractivity contribution < 1.29 is 72.8 Å². The number of likely N-dealkylation sites (tertiary alicyclic amines) is 2. The third kappa shape index (κ3) is 16.8. The fourth-order valence-corrected chi connectivity index (χ4v) is 4.16. The number of carboxylic acids is 1. The molecule has 2 rings (SSSR count). The molecule has 14 heteroatoms. The van der Waals surface area contributed by atoms with E-state index in [0.29, 0.717) is 32.8 Å². The molecule has 0 radical (unpaired) electrons. The first-order chi connectivity index (χ1) is 18.3. The number of carboxylic acid groups (broad SMARTS) is 1. The number of nitrogens with zero attached hydrogens (tertiary/aromatic N) is 2. The molecule has 4 atom stereocenters. The fourth-order valence-electron chi connectivity index (χ4n) is 3.96. The van der Waals surface area contributed by atoms with Crippen LogP contribution < -0.4 is 34.7 Å². The number of amides is 2. The van der Waals surface area contributed by atoms with Crippen LogP contribution in [0.3, 0.4) is 0 Å². The number of ketones is 1. The molecule has 0 aliphatic carbocycles. The first kappa shape index (κ1) is 41.9. The van der Waals surface area contributed by atoms with E-state index in [4.69, 9.17) is 35.7 Å². The molecule has 0 aromatic heterocycles. The second kappa shape index (κ2) is 19.1. The van der Waals surface area contributed by atoms with Crippen LogP contribution in [-0.4, -0.2) is 95.5 Å². The smallest absolute Gasteiger partial charge is 0.549 e. The topological polar surface area (TPSA) is 143 Å². The maximum atomic E-state index is 11.9. The van der Waals surface area contributed by atoms with Crippen molar-refractivity contribution in [3.8, 4) is 0 Å². The number of alkyl halides is 2. The molecule has 0 bridgehead atoms. The number of hydrogen-bond acceptors (Lipinski definition) is 9. The number of carbonyl (C=O) groups excluding carboxylic acids is 5. The predicted octanol–water partition coefficient (Wildman–Crippen LogP) is 0.329. The average molecular weight is 636 g/mol. The molecule has 0 unspecified atom stereocenters. The summed E-state index contributed by atoms with van der Waals surface area (Å²) in [6.45, 7) is 18.9. The van der Waals surface area contributed by atoms with E-state index in [2.05, 4.69) is 11.6 Å². The summed E-state index contributed by atoms with van der Waals surface area (Å²) in [6.07, 6.45) is -0.713. The van der Waals surface area contributed by atoms with E-state index in [0.717, 1.165) is 0 Å². The van der Waals surface area contributed by atoms with Gasteiger partial charge in [0.15, 0.2) is 5.78 Å². The molecule has 11 nitrogen and oxygen atoms in total. The van der Waals surface area contributed by atoms with Crippen molar-refractivity contribution in [2.45, 2.75) is 73.5 Å². The Morgan fingerprint density at radius 3 is 1.44 bits per heavy atom. The predicted molar refractivity (Wildman–Crippen MR) is 149 cm³/mol. The Kier molecular flexibility index (Phi) is 19.5. The summed E-state index contributed by atoms with van der Waals surface area (Å²) in [6, 6.07) is 0. The first-order valence-corrected chi connectivity index (χ1v) is 14.3. The average Bonchev–Trinajstić information content (AvgIpc) is 3.40. The molecule has 232 valence electrons. The third-order valence-electron chi connectivity index (χ3n) is 5.77. The van der Waals surface area contributed by atoms with E-state index in [1.807, 2.05) is 55.4 Å². The Morgan fingerprint density at radius 1 is 0.756 bits per heavy atom. The summed E-state index contributed by atoms with van der Waals surface area (Å²) in [7, 11) is 0. The largest absolute Gasteiger partial charge is 1.00 e. The first-order valence-electron chi connectivity index (χ1n) is 13.2. The van der Waals surface area contributed by atoms with Gasteiger partial charge >= 0.3 is 47.7 Å². The molecular weight excluding hydrogens is 590 g/mol. The third-order valence-corrected chi connectivity index (χ3v) is 6.25. The molecule has 0 saturated carbocycles. The van der Waals surface area contributed by atoms with Gasteiger partial charge in [-0.1, -0.05) is 13.8 Å². The van der Waals surface area contributed by atoms with E-state index in [-0.39, 0.29) is 83.0 Å². The van der Waals surface area contributed by atoms with Gasteiger partial charge in [0, 0.05) is 32.1 Å². The van der Waals surface area contributed by atoms with Crippen molar-refractivity contribution in [1.82, 2.24) is 9.80 Å². The molecule has 0 aromatic rings. The Hall–Kier alpha value is -1.27. The molecule has 2 aliphatic rings. The van der Waals surface area contributed by atoms with Crippen molar-refractivity contribution in [3.05, 3.63) is 0 Å². The summed E-state index contributed by atoms with van der Waals surface area (Å²) < 4.78 is 15.6. The number of carbonyl (C=O) groups is 5. The summed E-state index contributed by atoms with van der Waals surface area (Å²) in [4.78, 5) is 59.3. The van der Waals surface area contributed by atoms with Crippen LogP contribution in [0.2, 0.25) is 0 Å². The molecule has 2 heterocycles. The number of hydrogen-bond donors (Lipinski definition) is 0. The van der Waals surface area contributed by atoms with Crippen LogP contribution in [-0.2, 0) is 28.6 Å². The molecule has 41 heavy (non-hydrogen) atoms. The number of aliphatic carboxylic acids is 1. The van der Waals surface area contributed by atoms with E-state index in [9.17, 15) is 19.2 Å². The van der Waals surface area contributed by atoms with Gasteiger partial charge in [-0.25, -0.2) is 9.59 Å². The second-order valence-electron chi connectivity index (χ2n) is 11.8. The van der Waals surface area contributed by atoms with Crippen molar-refractivity contribution in [2.24, 2.45) is 23.7 Å². The van der Waals surface area contributed by atoms with Gasteiger partial charge in [-0.15, -0.1) is 23.2 Å². The SMILES string of the molecule is CCOC(=O)[C@@H]1CN(C(=O)OC(C)(C)C)C[C@H]1C.C[C@@H]1CN(C(=O)OC(C)(C)C)C[C@H]1C(=O)CCl.O=C([O-])CCl.[Na+]. The zero-order valence-corrected chi connectivity index (χ0v) is 29.6. The van der Waals surface area contributed by atoms with Crippen LogP contribution in [0.4, 0.5) is 9.59 Å². The van der Waals surface area contributed by atoms with Crippen molar-refractivity contribution in [1.29, 1.82) is 0 Å². The number of ether oxygens (including phenoxy) is 3. The maximum absolute atomic E-state index is 11.9. The minimum atomic E-state index is -1.23. The summed E-state index contributed by atoms with van der Waals surface area (Å²) in [5, 5.41) is 9.12. The van der Waals surface area contributed by atoms with Gasteiger partial charge in [0.05, 0.1) is 30.3 Å². The molecule has 0 N–H and O–H groups in total. The molecular formula is C27H45Cl2N2NaO9. The molecule has 2 amide bonds. The van der Waals surface area contributed by atoms with Gasteiger partial charge in [-0.2, -0.15) is 0 Å². The quantitative estimate of drug-likeness (QED) is 0.181. The normalized spacial score (nSPS) is 21.7. The molecule has 2 fully saturated rings. The molecule has 2 saturated heterocycles. The second-order valence-corrected chi connectivity index (χ2v) is 12.3. The van der Waals surface area contributed by atoms with E-state index >= 15 is 0 Å². The number of rotatable bonds is 5. The van der Waals surface area contributed by atoms with Crippen LogP contribution in [0.25, 0.3) is 0 Å². The standard InChI is InChI=1S/C13H23NO4.C12H20ClNO3.C2H3ClO2.Na/c1-6-17-11(15)10-8-14(7-9(10)2)12(16)18-13(3,4)5;1-8-6-14(7-9(8)10(15)5-13)11(16)17-12(2,3)4;3-1-2(4)5;/h9-10H,6-8H2,1-5H3;8-9H,5-7H2,1-4H3;1H2,(H,4,5);/q;;;+1/p-1/t9-,10-;8-,9-;;/m11../s1. The van der Waals surface area contributed by atoms with Crippen LogP contribution in [0.5, 0.6) is 0 Å². The number of halogens is 2. The summed E-state index contributed by atoms with van der Waals surface area (Å²) in [5.74, 6) is -1.99. The van der Waals surface area contributed by atoms with E-state index < -0.39 is 23.1 Å². The number of Topliss-reactive ketones (excluding diaryl/α,β-unsaturated/α-hetero) is 1. The van der Waals surface area contributed by atoms with E-state index in [1.54, 1.807) is 16.7 Å². The van der Waals surface area contributed by atoms with Crippen molar-refractivity contribution in [3.63, 3.8) is 0 Å². The number of esters is 1. The van der Waals surface area contributed by atoms with Crippen LogP contribution in [0, 0.1) is 23.7 Å². The van der Waals surface area contributed by atoms with E-state index in [1.165, 1.54) is 0 Å². The fraction of sp³-hybridized carbons (Fsp3) is 0.815. The van der Waals surface area contributed by atoms with Gasteiger partial charge in [-0.05, 0) is 60.3 Å². The minimum Gasteiger partial charge on any atom is -0.549 e. The Bertz CT molecular complexity index is 878. The zero-order chi connectivity index (χ0) is 31.4. The Morgan fingerprint density at radius 2 is 1.12 bits per heavy atom. The van der Waals surface area contributed by atoms with Crippen molar-refractivity contribution in [2.75, 3.05) is 44.5 Å². The van der Waals surface area contributed by atoms with Gasteiger partial charge in [0.2, 0.25) is 0 Å². The van der Waals surface area contributed by atoms with Crippen LogP contribution in [0.1, 0.15) is 62.3 Å². The molecule has 0 aromatic carbocycles. The summed E-state index contributed by atoms with van der Waals surface area (Å²) >= 11 is 10.2. The Labute approximate surface area is 276 Å². The van der Waals surface area contributed by atoms with Crippen LogP contribution >= 0.6 is 23.2 Å². The molecule has 2 aliphatic heterocycles. The monoisotopic (exact) mass is 634 g/mol. The Balaban J connectivity index is 0. The van der Waals surface area contributed by atoms with Gasteiger partial charge in [0.1, 0.15) is 11.2 Å². The van der Waals surface area contributed by atoms with Crippen molar-refractivity contribution >= 4 is 53.1 Å². The van der Waals surface area contributed by atoms with Gasteiger partial charge in [-0.3, -0.25) is 9.59 Å². The van der Waals surface area contributed by atoms with Gasteiger partial charge < -0.3 is 33.9 Å². The van der Waals surface area contributed by atoms with Gasteiger partial charge in [0.25, 0.3) is 0 Å². The zero-order valence-electron chi connectivity index (χ0n) is 26.1.